The average molecular weight is 691 g/mol. The molecule has 13 heteroatoms. The molecular formula is C35H42F4N4O4S. The van der Waals surface area contributed by atoms with Gasteiger partial charge in [-0.1, -0.05) is 18.2 Å². The molecule has 4 atom stereocenters. The van der Waals surface area contributed by atoms with Crippen LogP contribution in [-0.2, 0) is 26.0 Å². The van der Waals surface area contributed by atoms with Gasteiger partial charge in [0.2, 0.25) is 15.9 Å². The average Bonchev–Trinajstić information content (AvgIpc) is 3.89. The Morgan fingerprint density at radius 1 is 0.938 bits per heavy atom. The Labute approximate surface area is 279 Å². The van der Waals surface area contributed by atoms with E-state index in [2.05, 4.69) is 16.0 Å². The van der Waals surface area contributed by atoms with E-state index in [1.807, 2.05) is 13.8 Å². The van der Waals surface area contributed by atoms with Crippen molar-refractivity contribution >= 4 is 21.6 Å². The molecule has 1 aliphatic carbocycles. The Bertz CT molecular complexity index is 1670. The number of carbonyl (C=O) groups is 1. The molecule has 1 aliphatic heterocycles. The molecule has 1 saturated heterocycles. The van der Waals surface area contributed by atoms with E-state index in [1.54, 1.807) is 10.4 Å². The first-order valence-corrected chi connectivity index (χ1v) is 17.7. The normalized spacial score (nSPS) is 20.1. The third-order valence-corrected chi connectivity index (χ3v) is 11.3. The Hall–Kier alpha value is -3.36. The monoisotopic (exact) mass is 690 g/mol. The van der Waals surface area contributed by atoms with Gasteiger partial charge in [0.15, 0.2) is 0 Å². The summed E-state index contributed by atoms with van der Waals surface area (Å²) in [5, 5.41) is 8.59. The van der Waals surface area contributed by atoms with Crippen LogP contribution in [0.4, 0.5) is 23.2 Å². The van der Waals surface area contributed by atoms with Gasteiger partial charge in [-0.2, -0.15) is 4.31 Å². The molecule has 1 amide bonds. The van der Waals surface area contributed by atoms with Crippen LogP contribution in [0.15, 0.2) is 60.7 Å². The number of benzene rings is 3. The number of carbonyl (C=O) groups excluding carboxylic acids is 1. The molecule has 260 valence electrons. The number of amides is 1. The third kappa shape index (κ3) is 8.43. The summed E-state index contributed by atoms with van der Waals surface area (Å²) < 4.78 is 92.6. The van der Waals surface area contributed by atoms with E-state index in [0.29, 0.717) is 31.5 Å². The zero-order valence-electron chi connectivity index (χ0n) is 27.2. The van der Waals surface area contributed by atoms with Crippen molar-refractivity contribution in [3.8, 4) is 0 Å². The van der Waals surface area contributed by atoms with Crippen molar-refractivity contribution in [3.05, 3.63) is 101 Å². The summed E-state index contributed by atoms with van der Waals surface area (Å²) >= 11 is 0. The van der Waals surface area contributed by atoms with Gasteiger partial charge in [0.05, 0.1) is 30.0 Å². The van der Waals surface area contributed by atoms with Gasteiger partial charge in [-0.25, -0.2) is 26.0 Å². The van der Waals surface area contributed by atoms with Gasteiger partial charge in [-0.3, -0.25) is 4.79 Å². The second-order valence-corrected chi connectivity index (χ2v) is 14.8. The third-order valence-electron chi connectivity index (χ3n) is 8.85. The van der Waals surface area contributed by atoms with Gasteiger partial charge < -0.3 is 20.7 Å². The molecule has 3 aromatic carbocycles. The lowest BCUT2D eigenvalue weighted by molar-refractivity contribution is -0.118. The second-order valence-electron chi connectivity index (χ2n) is 12.7. The van der Waals surface area contributed by atoms with E-state index in [1.165, 1.54) is 43.4 Å². The van der Waals surface area contributed by atoms with Crippen LogP contribution in [0.2, 0.25) is 0 Å². The van der Waals surface area contributed by atoms with Crippen LogP contribution in [0.1, 0.15) is 55.7 Å². The van der Waals surface area contributed by atoms with E-state index in [4.69, 9.17) is 4.74 Å². The molecule has 3 N–H and O–H groups in total. The fourth-order valence-electron chi connectivity index (χ4n) is 6.42. The number of ether oxygens (including phenoxy) is 1. The minimum absolute atomic E-state index is 0.0792. The van der Waals surface area contributed by atoms with Gasteiger partial charge >= 0.3 is 0 Å². The maximum absolute atomic E-state index is 15.5. The summed E-state index contributed by atoms with van der Waals surface area (Å²) in [4.78, 5) is 13.9. The smallest absolute Gasteiger partial charge is 0.242 e. The number of piperazine rings is 1. The minimum atomic E-state index is -3.60. The number of likely N-dealkylation sites (N-methyl/N-ethyl adjacent to an activating group) is 1. The molecular weight excluding hydrogens is 648 g/mol. The van der Waals surface area contributed by atoms with E-state index < -0.39 is 68.5 Å². The summed E-state index contributed by atoms with van der Waals surface area (Å²) in [6.07, 6.45) is 1.52. The molecule has 0 aromatic heterocycles. The largest absolute Gasteiger partial charge is 0.377 e. The molecule has 0 radical (unpaired) electrons. The molecule has 0 spiro atoms. The lowest BCUT2D eigenvalue weighted by Gasteiger charge is -2.42. The second kappa shape index (κ2) is 15.5. The van der Waals surface area contributed by atoms with Crippen molar-refractivity contribution in [3.63, 3.8) is 0 Å². The number of nitrogens with zero attached hydrogens (tertiary/aromatic N) is 1. The van der Waals surface area contributed by atoms with Gasteiger partial charge in [0.25, 0.3) is 0 Å². The highest BCUT2D eigenvalue weighted by atomic mass is 32.2. The Balaban J connectivity index is 1.40. The number of halogens is 4. The quantitative estimate of drug-likeness (QED) is 0.204. The first-order chi connectivity index (χ1) is 22.9. The van der Waals surface area contributed by atoms with Crippen molar-refractivity contribution in [2.75, 3.05) is 32.1 Å². The Morgan fingerprint density at radius 3 is 2.23 bits per heavy atom. The highest BCUT2D eigenvalue weighted by Crippen LogP contribution is 2.36. The topological polar surface area (TPSA) is 99.8 Å². The Morgan fingerprint density at radius 2 is 1.60 bits per heavy atom. The van der Waals surface area contributed by atoms with Crippen molar-refractivity contribution < 1.29 is 35.5 Å². The number of anilines is 1. The lowest BCUT2D eigenvalue weighted by atomic mass is 9.84. The van der Waals surface area contributed by atoms with Crippen molar-refractivity contribution in [2.45, 2.75) is 74.9 Å². The van der Waals surface area contributed by atoms with Crippen LogP contribution in [0.25, 0.3) is 0 Å². The maximum atomic E-state index is 15.5. The minimum Gasteiger partial charge on any atom is -0.377 e. The predicted molar refractivity (Wildman–Crippen MR) is 176 cm³/mol. The first kappa shape index (κ1) is 35.9. The molecule has 2 fully saturated rings. The molecule has 5 rings (SSSR count). The van der Waals surface area contributed by atoms with E-state index in [-0.39, 0.29) is 42.4 Å². The molecule has 1 heterocycles. The fourth-order valence-corrected chi connectivity index (χ4v) is 8.64. The predicted octanol–water partition coefficient (Wildman–Crippen LogP) is 5.09. The lowest BCUT2D eigenvalue weighted by Crippen LogP contribution is -2.61. The molecule has 1 saturated carbocycles. The van der Waals surface area contributed by atoms with Crippen molar-refractivity contribution in [1.29, 1.82) is 0 Å². The van der Waals surface area contributed by atoms with Crippen molar-refractivity contribution in [2.24, 2.45) is 0 Å². The summed E-state index contributed by atoms with van der Waals surface area (Å²) in [7, 11) is -2.09. The van der Waals surface area contributed by atoms with Crippen LogP contribution in [-0.4, -0.2) is 74.9 Å². The SMILES string of the molecule is CNC(C(=O)Nc1cccc(F)c1CCC1CNCC(COC(C)C)N1S(=O)(=O)C1CC1)C(c1ccc(F)cc1)c1cc(F)cc(F)c1. The summed E-state index contributed by atoms with van der Waals surface area (Å²) in [6, 6.07) is 10.5. The molecule has 8 nitrogen and oxygen atoms in total. The zero-order valence-corrected chi connectivity index (χ0v) is 28.0. The standard InChI is InChI=1S/C35H42F4N4O4S/c1-21(2)47-20-28-19-41-18-27(43(28)48(45,46)29-12-13-29)11-14-30-31(39)5-4-6-32(30)42-35(44)34(40-3)33(22-7-9-24(36)10-8-22)23-15-25(37)17-26(38)16-23/h4-10,15-17,21,27-29,33-34,40-41H,11-14,18-20H2,1-3H3,(H,42,44). The number of sulfonamides is 1. The summed E-state index contributed by atoms with van der Waals surface area (Å²) in [5.41, 5.74) is 0.947. The van der Waals surface area contributed by atoms with E-state index in [9.17, 15) is 26.4 Å². The van der Waals surface area contributed by atoms with Gasteiger partial charge in [0, 0.05) is 42.4 Å². The Kier molecular flexibility index (Phi) is 11.6. The fraction of sp³-hybridized carbons (Fsp3) is 0.457. The molecule has 48 heavy (non-hydrogen) atoms. The first-order valence-electron chi connectivity index (χ1n) is 16.2. The number of hydrogen-bond acceptors (Lipinski definition) is 6. The van der Waals surface area contributed by atoms with Gasteiger partial charge in [0.1, 0.15) is 23.3 Å². The molecule has 3 aromatic rings. The summed E-state index contributed by atoms with van der Waals surface area (Å²) in [5.74, 6) is -4.34. The van der Waals surface area contributed by atoms with Crippen LogP contribution in [0.3, 0.4) is 0 Å². The number of rotatable bonds is 14. The van der Waals surface area contributed by atoms with Gasteiger partial charge in [-0.15, -0.1) is 0 Å². The van der Waals surface area contributed by atoms with Crippen LogP contribution in [0.5, 0.6) is 0 Å². The summed E-state index contributed by atoms with van der Waals surface area (Å²) in [6.45, 7) is 4.82. The van der Waals surface area contributed by atoms with Crippen molar-refractivity contribution in [1.82, 2.24) is 14.9 Å². The van der Waals surface area contributed by atoms with Crippen LogP contribution >= 0.6 is 0 Å². The van der Waals surface area contributed by atoms with Crippen LogP contribution in [0, 0.1) is 23.3 Å². The number of hydrogen-bond donors (Lipinski definition) is 3. The highest BCUT2D eigenvalue weighted by molar-refractivity contribution is 7.90. The van der Waals surface area contributed by atoms with Crippen LogP contribution < -0.4 is 16.0 Å². The zero-order chi connectivity index (χ0) is 34.6. The highest BCUT2D eigenvalue weighted by Gasteiger charge is 2.47. The van der Waals surface area contributed by atoms with Gasteiger partial charge in [-0.05, 0) is 94.1 Å². The molecule has 4 unspecified atom stereocenters. The van der Waals surface area contributed by atoms with E-state index in [0.717, 1.165) is 18.2 Å². The maximum Gasteiger partial charge on any atom is 0.242 e. The molecule has 2 aliphatic rings. The number of nitrogens with one attached hydrogen (secondary N) is 3. The molecule has 0 bridgehead atoms. The van der Waals surface area contributed by atoms with E-state index >= 15 is 4.39 Å².